The Hall–Kier alpha value is -2.98. The predicted octanol–water partition coefficient (Wildman–Crippen LogP) is 5.73. The van der Waals surface area contributed by atoms with Crippen LogP contribution < -0.4 is 4.90 Å². The largest absolute Gasteiger partial charge is 0.378 e. The molecule has 5 rings (SSSR count). The molecule has 0 saturated heterocycles. The summed E-state index contributed by atoms with van der Waals surface area (Å²) in [6, 6.07) is 21.4. The van der Waals surface area contributed by atoms with Crippen LogP contribution in [0.2, 0.25) is 0 Å². The molecule has 0 aliphatic carbocycles. The van der Waals surface area contributed by atoms with Crippen molar-refractivity contribution >= 4 is 48.1 Å². The van der Waals surface area contributed by atoms with Gasteiger partial charge in [-0.25, -0.2) is 9.97 Å². The molecule has 0 saturated carbocycles. The van der Waals surface area contributed by atoms with Gasteiger partial charge in [-0.05, 0) is 24.3 Å². The SMILES string of the molecule is CN(C)c1ccc2c(-c3cccc4c3sc3ccccc34)ncnc2c1. The average molecular weight is 355 g/mol. The molecular weight excluding hydrogens is 338 g/mol. The van der Waals surface area contributed by atoms with Gasteiger partial charge in [0.2, 0.25) is 0 Å². The lowest BCUT2D eigenvalue weighted by molar-refractivity contribution is 1.13. The summed E-state index contributed by atoms with van der Waals surface area (Å²) in [6.07, 6.45) is 1.67. The molecule has 2 heterocycles. The molecule has 2 aromatic heterocycles. The van der Waals surface area contributed by atoms with Gasteiger partial charge in [0.15, 0.2) is 0 Å². The van der Waals surface area contributed by atoms with Gasteiger partial charge in [0, 0.05) is 50.9 Å². The Morgan fingerprint density at radius 3 is 2.54 bits per heavy atom. The molecule has 5 aromatic rings. The van der Waals surface area contributed by atoms with Crippen LogP contribution >= 0.6 is 11.3 Å². The first-order valence-electron chi connectivity index (χ1n) is 8.55. The van der Waals surface area contributed by atoms with E-state index in [0.717, 1.165) is 22.3 Å². The molecule has 0 radical (unpaired) electrons. The number of aromatic nitrogens is 2. The summed E-state index contributed by atoms with van der Waals surface area (Å²) in [4.78, 5) is 11.2. The molecule has 0 aliphatic rings. The zero-order chi connectivity index (χ0) is 17.7. The third-order valence-corrected chi connectivity index (χ3v) is 6.02. The van der Waals surface area contributed by atoms with E-state index >= 15 is 0 Å². The summed E-state index contributed by atoms with van der Waals surface area (Å²) >= 11 is 1.83. The Morgan fingerprint density at radius 1 is 0.808 bits per heavy atom. The highest BCUT2D eigenvalue weighted by Crippen LogP contribution is 2.40. The van der Waals surface area contributed by atoms with Gasteiger partial charge in [-0.2, -0.15) is 0 Å². The maximum Gasteiger partial charge on any atom is 0.116 e. The summed E-state index contributed by atoms with van der Waals surface area (Å²) in [5.41, 5.74) is 4.28. The van der Waals surface area contributed by atoms with Gasteiger partial charge in [-0.3, -0.25) is 0 Å². The number of nitrogens with zero attached hydrogens (tertiary/aromatic N) is 3. The van der Waals surface area contributed by atoms with Gasteiger partial charge in [-0.15, -0.1) is 11.3 Å². The average Bonchev–Trinajstić information content (AvgIpc) is 3.06. The number of anilines is 1. The van der Waals surface area contributed by atoms with Crippen molar-refractivity contribution in [3.05, 3.63) is 67.0 Å². The molecule has 0 N–H and O–H groups in total. The lowest BCUT2D eigenvalue weighted by Crippen LogP contribution is -2.08. The highest BCUT2D eigenvalue weighted by atomic mass is 32.1. The minimum absolute atomic E-state index is 0.972. The Kier molecular flexibility index (Phi) is 3.40. The van der Waals surface area contributed by atoms with Crippen molar-refractivity contribution in [3.63, 3.8) is 0 Å². The fourth-order valence-corrected chi connectivity index (χ4v) is 4.69. The third-order valence-electron chi connectivity index (χ3n) is 4.80. The molecule has 26 heavy (non-hydrogen) atoms. The molecule has 0 bridgehead atoms. The van der Waals surface area contributed by atoms with E-state index < -0.39 is 0 Å². The van der Waals surface area contributed by atoms with E-state index in [9.17, 15) is 0 Å². The molecular formula is C22H17N3S. The first-order chi connectivity index (χ1) is 12.7. The fourth-order valence-electron chi connectivity index (χ4n) is 3.47. The van der Waals surface area contributed by atoms with Crippen molar-refractivity contribution in [2.45, 2.75) is 0 Å². The molecule has 3 nitrogen and oxygen atoms in total. The molecule has 0 spiro atoms. The van der Waals surface area contributed by atoms with Gasteiger partial charge in [-0.1, -0.05) is 36.4 Å². The summed E-state index contributed by atoms with van der Waals surface area (Å²) in [6.45, 7) is 0. The van der Waals surface area contributed by atoms with Crippen LogP contribution in [-0.4, -0.2) is 24.1 Å². The topological polar surface area (TPSA) is 29.0 Å². The van der Waals surface area contributed by atoms with E-state index in [-0.39, 0.29) is 0 Å². The number of benzene rings is 3. The third kappa shape index (κ3) is 2.26. The number of hydrogen-bond acceptors (Lipinski definition) is 4. The summed E-state index contributed by atoms with van der Waals surface area (Å²) in [5.74, 6) is 0. The van der Waals surface area contributed by atoms with Crippen molar-refractivity contribution in [1.82, 2.24) is 9.97 Å². The van der Waals surface area contributed by atoms with E-state index in [1.54, 1.807) is 6.33 Å². The second-order valence-corrected chi connectivity index (χ2v) is 7.65. The molecule has 126 valence electrons. The molecule has 3 aromatic carbocycles. The monoisotopic (exact) mass is 355 g/mol. The fraction of sp³-hybridized carbons (Fsp3) is 0.0909. The molecule has 0 atom stereocenters. The highest BCUT2D eigenvalue weighted by molar-refractivity contribution is 7.26. The van der Waals surface area contributed by atoms with E-state index in [1.165, 1.54) is 25.7 Å². The number of thiophene rings is 1. The number of fused-ring (bicyclic) bond motifs is 4. The van der Waals surface area contributed by atoms with E-state index in [2.05, 4.69) is 75.5 Å². The normalized spacial score (nSPS) is 11.5. The Bertz CT molecular complexity index is 1270. The van der Waals surface area contributed by atoms with Crippen LogP contribution in [0.15, 0.2) is 67.0 Å². The standard InChI is InChI=1S/C22H17N3S/c1-25(2)14-10-11-17-19(12-14)23-13-24-21(17)18-8-5-7-16-15-6-3-4-9-20(15)26-22(16)18/h3-13H,1-2H3. The first-order valence-corrected chi connectivity index (χ1v) is 9.37. The number of rotatable bonds is 2. The molecule has 0 amide bonds. The van der Waals surface area contributed by atoms with Crippen LogP contribution in [0.5, 0.6) is 0 Å². The van der Waals surface area contributed by atoms with Crippen LogP contribution in [0.3, 0.4) is 0 Å². The van der Waals surface area contributed by atoms with Crippen LogP contribution in [-0.2, 0) is 0 Å². The summed E-state index contributed by atoms with van der Waals surface area (Å²) in [5, 5.41) is 3.69. The van der Waals surface area contributed by atoms with Crippen molar-refractivity contribution in [2.75, 3.05) is 19.0 Å². The summed E-state index contributed by atoms with van der Waals surface area (Å²) in [7, 11) is 4.09. The second kappa shape index (κ2) is 5.78. The van der Waals surface area contributed by atoms with Gasteiger partial charge in [0.05, 0.1) is 11.2 Å². The van der Waals surface area contributed by atoms with Gasteiger partial charge in [0.1, 0.15) is 6.33 Å². The lowest BCUT2D eigenvalue weighted by Gasteiger charge is -2.13. The zero-order valence-electron chi connectivity index (χ0n) is 14.6. The van der Waals surface area contributed by atoms with Crippen molar-refractivity contribution in [3.8, 4) is 11.3 Å². The highest BCUT2D eigenvalue weighted by Gasteiger charge is 2.14. The Morgan fingerprint density at radius 2 is 1.65 bits per heavy atom. The van der Waals surface area contributed by atoms with E-state index in [0.29, 0.717) is 0 Å². The van der Waals surface area contributed by atoms with E-state index in [1.807, 2.05) is 25.4 Å². The maximum atomic E-state index is 4.65. The van der Waals surface area contributed by atoms with Crippen LogP contribution in [0, 0.1) is 0 Å². The molecule has 4 heteroatoms. The van der Waals surface area contributed by atoms with Gasteiger partial charge >= 0.3 is 0 Å². The van der Waals surface area contributed by atoms with Gasteiger partial charge in [0.25, 0.3) is 0 Å². The quantitative estimate of drug-likeness (QED) is 0.405. The van der Waals surface area contributed by atoms with Crippen molar-refractivity contribution in [2.24, 2.45) is 0 Å². The number of hydrogen-bond donors (Lipinski definition) is 0. The van der Waals surface area contributed by atoms with E-state index in [4.69, 9.17) is 0 Å². The Labute approximate surface area is 155 Å². The first kappa shape index (κ1) is 15.3. The predicted molar refractivity (Wildman–Crippen MR) is 112 cm³/mol. The van der Waals surface area contributed by atoms with Crippen LogP contribution in [0.1, 0.15) is 0 Å². The minimum Gasteiger partial charge on any atom is -0.378 e. The lowest BCUT2D eigenvalue weighted by atomic mass is 10.0. The van der Waals surface area contributed by atoms with Crippen molar-refractivity contribution in [1.29, 1.82) is 0 Å². The molecule has 0 unspecified atom stereocenters. The smallest absolute Gasteiger partial charge is 0.116 e. The van der Waals surface area contributed by atoms with Crippen LogP contribution in [0.4, 0.5) is 5.69 Å². The van der Waals surface area contributed by atoms with Crippen LogP contribution in [0.25, 0.3) is 42.3 Å². The zero-order valence-corrected chi connectivity index (χ0v) is 15.4. The molecule has 0 fully saturated rings. The van der Waals surface area contributed by atoms with Gasteiger partial charge < -0.3 is 4.90 Å². The molecule has 0 aliphatic heterocycles. The minimum atomic E-state index is 0.972. The second-order valence-electron chi connectivity index (χ2n) is 6.60. The van der Waals surface area contributed by atoms with Crippen molar-refractivity contribution < 1.29 is 0 Å². The summed E-state index contributed by atoms with van der Waals surface area (Å²) < 4.78 is 2.59. The Balaban J connectivity index is 1.83. The maximum absolute atomic E-state index is 4.65.